The fourth-order valence-corrected chi connectivity index (χ4v) is 3.26. The first-order valence-electron chi connectivity index (χ1n) is 9.41. The van der Waals surface area contributed by atoms with Crippen molar-refractivity contribution in [1.29, 1.82) is 5.26 Å². The van der Waals surface area contributed by atoms with E-state index in [9.17, 15) is 10.1 Å². The molecule has 1 fully saturated rings. The Bertz CT molecular complexity index is 1010. The van der Waals surface area contributed by atoms with E-state index in [2.05, 4.69) is 11.1 Å². The van der Waals surface area contributed by atoms with Crippen molar-refractivity contribution in [2.24, 2.45) is 0 Å². The average molecular weight is 392 g/mol. The van der Waals surface area contributed by atoms with Gasteiger partial charge in [-0.05, 0) is 43.3 Å². The molecule has 4 rings (SSSR count). The van der Waals surface area contributed by atoms with Gasteiger partial charge in [-0.25, -0.2) is 0 Å². The molecule has 8 nitrogen and oxygen atoms in total. The van der Waals surface area contributed by atoms with Crippen LogP contribution in [-0.2, 0) is 0 Å². The van der Waals surface area contributed by atoms with E-state index in [-0.39, 0.29) is 17.5 Å². The molecule has 1 aliphatic rings. The van der Waals surface area contributed by atoms with Crippen molar-refractivity contribution in [3.63, 3.8) is 0 Å². The number of ether oxygens (including phenoxy) is 1. The molecule has 1 aromatic carbocycles. The number of hydrogen-bond acceptors (Lipinski definition) is 7. The molecule has 0 saturated carbocycles. The Morgan fingerprint density at radius 3 is 2.59 bits per heavy atom. The van der Waals surface area contributed by atoms with Gasteiger partial charge in [-0.1, -0.05) is 0 Å². The predicted octanol–water partition coefficient (Wildman–Crippen LogP) is 3.17. The number of aromatic nitrogens is 1. The Morgan fingerprint density at radius 2 is 1.97 bits per heavy atom. The number of amides is 1. The van der Waals surface area contributed by atoms with Gasteiger partial charge in [0.1, 0.15) is 11.8 Å². The van der Waals surface area contributed by atoms with Crippen LogP contribution in [0.15, 0.2) is 51.5 Å². The number of piperazine rings is 1. The second-order valence-electron chi connectivity index (χ2n) is 6.50. The minimum Gasteiger partial charge on any atom is -0.494 e. The van der Waals surface area contributed by atoms with Gasteiger partial charge >= 0.3 is 0 Å². The first kappa shape index (κ1) is 18.6. The third-order valence-electron chi connectivity index (χ3n) is 4.71. The van der Waals surface area contributed by atoms with E-state index in [0.29, 0.717) is 50.0 Å². The summed E-state index contributed by atoms with van der Waals surface area (Å²) in [5.41, 5.74) is 0.835. The second kappa shape index (κ2) is 8.10. The molecule has 0 spiro atoms. The molecule has 0 radical (unpaired) electrons. The van der Waals surface area contributed by atoms with Crippen LogP contribution in [-0.4, -0.2) is 48.6 Å². The third kappa shape index (κ3) is 3.80. The molecule has 29 heavy (non-hydrogen) atoms. The van der Waals surface area contributed by atoms with Gasteiger partial charge in [0.15, 0.2) is 5.76 Å². The van der Waals surface area contributed by atoms with Gasteiger partial charge in [0.05, 0.1) is 12.9 Å². The second-order valence-corrected chi connectivity index (χ2v) is 6.50. The number of furan rings is 1. The molecular weight excluding hydrogens is 372 g/mol. The lowest BCUT2D eigenvalue weighted by Gasteiger charge is -2.34. The fourth-order valence-electron chi connectivity index (χ4n) is 3.26. The van der Waals surface area contributed by atoms with Gasteiger partial charge in [-0.15, -0.1) is 0 Å². The van der Waals surface area contributed by atoms with Gasteiger partial charge < -0.3 is 23.4 Å². The van der Waals surface area contributed by atoms with Gasteiger partial charge in [-0.3, -0.25) is 4.79 Å². The summed E-state index contributed by atoms with van der Waals surface area (Å²) in [5.74, 6) is 1.87. The average Bonchev–Trinajstić information content (AvgIpc) is 3.44. The molecule has 8 heteroatoms. The summed E-state index contributed by atoms with van der Waals surface area (Å²) in [6.45, 7) is 4.64. The molecule has 0 aliphatic carbocycles. The lowest BCUT2D eigenvalue weighted by molar-refractivity contribution is 0.0745. The van der Waals surface area contributed by atoms with Crippen LogP contribution in [0.1, 0.15) is 23.0 Å². The molecular formula is C21H20N4O4. The summed E-state index contributed by atoms with van der Waals surface area (Å²) in [7, 11) is 0. The quantitative estimate of drug-likeness (QED) is 0.658. The predicted molar refractivity (Wildman–Crippen MR) is 105 cm³/mol. The minimum atomic E-state index is -0.0259. The number of carbonyl (C=O) groups excluding carboxylic acids is 1. The number of anilines is 1. The fraction of sp³-hybridized carbons (Fsp3) is 0.286. The Labute approximate surface area is 167 Å². The summed E-state index contributed by atoms with van der Waals surface area (Å²) in [4.78, 5) is 20.7. The van der Waals surface area contributed by atoms with Crippen molar-refractivity contribution in [2.75, 3.05) is 37.7 Å². The highest BCUT2D eigenvalue weighted by Gasteiger charge is 2.27. The summed E-state index contributed by atoms with van der Waals surface area (Å²) >= 11 is 0. The number of hydrogen-bond donors (Lipinski definition) is 0. The number of nitrogens with zero attached hydrogens (tertiary/aromatic N) is 4. The summed E-state index contributed by atoms with van der Waals surface area (Å²) in [5, 5.41) is 9.40. The monoisotopic (exact) mass is 392 g/mol. The lowest BCUT2D eigenvalue weighted by Crippen LogP contribution is -2.48. The van der Waals surface area contributed by atoms with Crippen molar-refractivity contribution in [3.8, 4) is 23.5 Å². The van der Waals surface area contributed by atoms with Crippen molar-refractivity contribution in [3.05, 3.63) is 53.9 Å². The van der Waals surface area contributed by atoms with Crippen molar-refractivity contribution < 1.29 is 18.4 Å². The SMILES string of the molecule is CCOc1ccc(C(=O)N2CCN(c3oc(-c4ccco4)nc3C#N)CC2)cc1. The number of rotatable bonds is 5. The van der Waals surface area contributed by atoms with Crippen LogP contribution in [0.5, 0.6) is 5.75 Å². The minimum absolute atomic E-state index is 0.0259. The van der Waals surface area contributed by atoms with Crippen molar-refractivity contribution in [1.82, 2.24) is 9.88 Å². The zero-order valence-corrected chi connectivity index (χ0v) is 16.0. The van der Waals surface area contributed by atoms with Gasteiger partial charge in [0.2, 0.25) is 11.6 Å². The smallest absolute Gasteiger partial charge is 0.266 e. The molecule has 1 aliphatic heterocycles. The van der Waals surface area contributed by atoms with Crippen LogP contribution in [0.25, 0.3) is 11.7 Å². The largest absolute Gasteiger partial charge is 0.494 e. The van der Waals surface area contributed by atoms with E-state index < -0.39 is 0 Å². The molecule has 0 unspecified atom stereocenters. The van der Waals surface area contributed by atoms with Crippen LogP contribution < -0.4 is 9.64 Å². The van der Waals surface area contributed by atoms with Gasteiger partial charge in [-0.2, -0.15) is 10.2 Å². The van der Waals surface area contributed by atoms with E-state index in [1.165, 1.54) is 6.26 Å². The molecule has 0 N–H and O–H groups in total. The Kier molecular flexibility index (Phi) is 5.20. The van der Waals surface area contributed by atoms with Crippen molar-refractivity contribution in [2.45, 2.75) is 6.92 Å². The highest BCUT2D eigenvalue weighted by Crippen LogP contribution is 2.29. The molecule has 148 valence electrons. The van der Waals surface area contributed by atoms with Crippen LogP contribution >= 0.6 is 0 Å². The van der Waals surface area contributed by atoms with Crippen LogP contribution in [0.2, 0.25) is 0 Å². The van der Waals surface area contributed by atoms with Crippen LogP contribution in [0, 0.1) is 11.3 Å². The third-order valence-corrected chi connectivity index (χ3v) is 4.71. The molecule has 1 amide bonds. The Hall–Kier alpha value is -3.73. The van der Waals surface area contributed by atoms with E-state index >= 15 is 0 Å². The van der Waals surface area contributed by atoms with Crippen LogP contribution in [0.3, 0.4) is 0 Å². The number of benzene rings is 1. The number of oxazole rings is 1. The van der Waals surface area contributed by atoms with Crippen molar-refractivity contribution >= 4 is 11.8 Å². The first-order valence-corrected chi connectivity index (χ1v) is 9.41. The molecule has 1 saturated heterocycles. The summed E-state index contributed by atoms with van der Waals surface area (Å²) < 4.78 is 16.5. The molecule has 0 bridgehead atoms. The summed E-state index contributed by atoms with van der Waals surface area (Å²) in [6.07, 6.45) is 1.52. The van der Waals surface area contributed by atoms with E-state index in [1.807, 2.05) is 11.8 Å². The van der Waals surface area contributed by atoms with Gasteiger partial charge in [0, 0.05) is 31.7 Å². The molecule has 3 aromatic rings. The Morgan fingerprint density at radius 1 is 1.21 bits per heavy atom. The zero-order chi connectivity index (χ0) is 20.2. The maximum absolute atomic E-state index is 12.8. The highest BCUT2D eigenvalue weighted by atomic mass is 16.5. The standard InChI is InChI=1S/C21H20N4O4/c1-2-27-16-7-5-15(6-8-16)20(26)24-9-11-25(12-10-24)21-17(14-22)23-19(29-21)18-4-3-13-28-18/h3-8,13H,2,9-12H2,1H3. The van der Waals surface area contributed by atoms with Crippen LogP contribution in [0.4, 0.5) is 5.88 Å². The Balaban J connectivity index is 1.43. The van der Waals surface area contributed by atoms with Gasteiger partial charge in [0.25, 0.3) is 11.8 Å². The maximum atomic E-state index is 12.8. The lowest BCUT2D eigenvalue weighted by atomic mass is 10.1. The maximum Gasteiger partial charge on any atom is 0.266 e. The zero-order valence-electron chi connectivity index (χ0n) is 16.0. The van der Waals surface area contributed by atoms with E-state index in [4.69, 9.17) is 13.6 Å². The number of carbonyl (C=O) groups is 1. The number of nitriles is 1. The topological polar surface area (TPSA) is 95.7 Å². The van der Waals surface area contributed by atoms with E-state index in [1.54, 1.807) is 41.3 Å². The highest BCUT2D eigenvalue weighted by molar-refractivity contribution is 5.94. The molecule has 3 heterocycles. The van der Waals surface area contributed by atoms with E-state index in [0.717, 1.165) is 5.75 Å². The molecule has 2 aromatic heterocycles. The summed E-state index contributed by atoms with van der Waals surface area (Å²) in [6, 6.07) is 12.7. The normalized spacial score (nSPS) is 13.9. The first-order chi connectivity index (χ1) is 14.2. The molecule has 0 atom stereocenters.